The van der Waals surface area contributed by atoms with Crippen LogP contribution in [-0.4, -0.2) is 65.4 Å². The van der Waals surface area contributed by atoms with Crippen molar-refractivity contribution in [2.75, 3.05) is 44.4 Å². The zero-order valence-corrected chi connectivity index (χ0v) is 17.5. The molecule has 3 heterocycles. The molecule has 2 aromatic heterocycles. The summed E-state index contributed by atoms with van der Waals surface area (Å²) < 4.78 is 13.2. The lowest BCUT2D eigenvalue weighted by Gasteiger charge is -2.29. The van der Waals surface area contributed by atoms with Gasteiger partial charge in [-0.25, -0.2) is 9.67 Å². The van der Waals surface area contributed by atoms with Crippen molar-refractivity contribution in [2.45, 2.75) is 26.0 Å². The molecule has 1 aliphatic rings. The predicted octanol–water partition coefficient (Wildman–Crippen LogP) is 2.21. The highest BCUT2D eigenvalue weighted by Crippen LogP contribution is 2.33. The Kier molecular flexibility index (Phi) is 6.17. The fourth-order valence-electron chi connectivity index (χ4n) is 3.60. The van der Waals surface area contributed by atoms with E-state index in [4.69, 9.17) is 20.2 Å². The van der Waals surface area contributed by atoms with Crippen molar-refractivity contribution in [3.8, 4) is 17.0 Å². The molecule has 3 N–H and O–H groups in total. The van der Waals surface area contributed by atoms with Gasteiger partial charge in [0.05, 0.1) is 36.2 Å². The average Bonchev–Trinajstić information content (AvgIpc) is 3.22. The largest absolute Gasteiger partial charge is 0.491 e. The molecule has 0 amide bonds. The molecule has 8 heteroatoms. The minimum absolute atomic E-state index is 0.158. The summed E-state index contributed by atoms with van der Waals surface area (Å²) in [6.07, 6.45) is 1.22. The lowest BCUT2D eigenvalue weighted by Crippen LogP contribution is -2.36. The highest BCUT2D eigenvalue weighted by Gasteiger charge is 2.20. The van der Waals surface area contributed by atoms with Crippen LogP contribution in [0.2, 0.25) is 0 Å². The van der Waals surface area contributed by atoms with E-state index in [1.807, 2.05) is 35.1 Å². The molecule has 1 unspecified atom stereocenters. The summed E-state index contributed by atoms with van der Waals surface area (Å²) in [6.45, 7) is 7.63. The zero-order valence-electron chi connectivity index (χ0n) is 17.5. The number of nitrogens with two attached hydrogens (primary N) is 1. The van der Waals surface area contributed by atoms with Crippen LogP contribution in [0.1, 0.15) is 19.9 Å². The molecule has 0 bridgehead atoms. The number of aliphatic hydroxyl groups excluding tert-OH is 1. The molecule has 30 heavy (non-hydrogen) atoms. The van der Waals surface area contributed by atoms with Crippen molar-refractivity contribution in [1.82, 2.24) is 14.8 Å². The van der Waals surface area contributed by atoms with E-state index in [1.165, 1.54) is 0 Å². The smallest absolute Gasteiger partial charge is 0.160 e. The summed E-state index contributed by atoms with van der Waals surface area (Å²) >= 11 is 0. The summed E-state index contributed by atoms with van der Waals surface area (Å²) in [6, 6.07) is 10.1. The van der Waals surface area contributed by atoms with Gasteiger partial charge in [-0.2, -0.15) is 5.10 Å². The number of hydrogen-bond donors (Lipinski definition) is 2. The van der Waals surface area contributed by atoms with Crippen LogP contribution in [0.25, 0.3) is 22.3 Å². The molecule has 160 valence electrons. The number of aromatic nitrogens is 3. The van der Waals surface area contributed by atoms with E-state index in [-0.39, 0.29) is 19.2 Å². The van der Waals surface area contributed by atoms with E-state index in [0.29, 0.717) is 19.0 Å². The first-order valence-corrected chi connectivity index (χ1v) is 10.4. The molecule has 1 atom stereocenters. The van der Waals surface area contributed by atoms with Crippen molar-refractivity contribution in [3.05, 3.63) is 36.5 Å². The number of ether oxygens (including phenoxy) is 2. The Morgan fingerprint density at radius 2 is 2.03 bits per heavy atom. The first-order valence-electron chi connectivity index (χ1n) is 10.4. The molecule has 0 saturated carbocycles. The molecule has 8 nitrogen and oxygen atoms in total. The van der Waals surface area contributed by atoms with Gasteiger partial charge in [0.15, 0.2) is 5.65 Å². The maximum Gasteiger partial charge on any atom is 0.160 e. The molecular formula is C22H29N5O3. The van der Waals surface area contributed by atoms with E-state index < -0.39 is 6.10 Å². The van der Waals surface area contributed by atoms with Gasteiger partial charge in [0, 0.05) is 31.2 Å². The number of pyridine rings is 1. The van der Waals surface area contributed by atoms with Crippen LogP contribution in [-0.2, 0) is 4.74 Å². The molecule has 0 radical (unpaired) electrons. The SMILES string of the molecule is CC(C)n1ncc2c(N3CCOCC3)cc(-c3cccc(OCC(O)CN)c3)nc21. The normalized spacial score (nSPS) is 15.7. The van der Waals surface area contributed by atoms with Gasteiger partial charge in [0.1, 0.15) is 18.5 Å². The van der Waals surface area contributed by atoms with Gasteiger partial charge in [-0.05, 0) is 32.0 Å². The highest BCUT2D eigenvalue weighted by atomic mass is 16.5. The second-order valence-electron chi connectivity index (χ2n) is 7.77. The number of anilines is 1. The minimum Gasteiger partial charge on any atom is -0.491 e. The van der Waals surface area contributed by atoms with Crippen LogP contribution < -0.4 is 15.4 Å². The third-order valence-electron chi connectivity index (χ3n) is 5.23. The molecule has 0 aliphatic carbocycles. The Hall–Kier alpha value is -2.68. The summed E-state index contributed by atoms with van der Waals surface area (Å²) in [5, 5.41) is 15.3. The number of nitrogens with zero attached hydrogens (tertiary/aromatic N) is 4. The maximum absolute atomic E-state index is 9.68. The predicted molar refractivity (Wildman–Crippen MR) is 117 cm³/mol. The minimum atomic E-state index is -0.684. The zero-order chi connectivity index (χ0) is 21.1. The number of aliphatic hydroxyl groups is 1. The number of hydrogen-bond acceptors (Lipinski definition) is 7. The van der Waals surface area contributed by atoms with Gasteiger partial charge in [0.2, 0.25) is 0 Å². The van der Waals surface area contributed by atoms with E-state index in [0.717, 1.165) is 41.1 Å². The molecule has 1 saturated heterocycles. The van der Waals surface area contributed by atoms with Crippen LogP contribution >= 0.6 is 0 Å². The Bertz CT molecular complexity index is 998. The average molecular weight is 412 g/mol. The van der Waals surface area contributed by atoms with Crippen molar-refractivity contribution in [1.29, 1.82) is 0 Å². The van der Waals surface area contributed by atoms with Gasteiger partial charge < -0.3 is 25.2 Å². The third kappa shape index (κ3) is 4.26. The van der Waals surface area contributed by atoms with Crippen LogP contribution in [0, 0.1) is 0 Å². The highest BCUT2D eigenvalue weighted by molar-refractivity contribution is 5.92. The number of rotatable bonds is 7. The van der Waals surface area contributed by atoms with Crippen LogP contribution in [0.3, 0.4) is 0 Å². The van der Waals surface area contributed by atoms with Gasteiger partial charge in [-0.15, -0.1) is 0 Å². The van der Waals surface area contributed by atoms with Gasteiger partial charge in [0.25, 0.3) is 0 Å². The van der Waals surface area contributed by atoms with Crippen molar-refractivity contribution in [3.63, 3.8) is 0 Å². The quantitative estimate of drug-likeness (QED) is 0.615. The van der Waals surface area contributed by atoms with Gasteiger partial charge in [-0.3, -0.25) is 0 Å². The Morgan fingerprint density at radius 3 is 2.77 bits per heavy atom. The van der Waals surface area contributed by atoms with Gasteiger partial charge >= 0.3 is 0 Å². The van der Waals surface area contributed by atoms with Gasteiger partial charge in [-0.1, -0.05) is 12.1 Å². The molecule has 1 fully saturated rings. The Balaban J connectivity index is 1.76. The van der Waals surface area contributed by atoms with E-state index in [9.17, 15) is 5.11 Å². The standard InChI is InChI=1S/C22H29N5O3/c1-15(2)27-22-19(13-24-27)21(26-6-8-29-9-7-26)11-20(25-22)16-4-3-5-18(10-16)30-14-17(28)12-23/h3-5,10-11,13,15,17,28H,6-9,12,14,23H2,1-2H3. The van der Waals surface area contributed by atoms with E-state index >= 15 is 0 Å². The second kappa shape index (κ2) is 8.99. The second-order valence-corrected chi connectivity index (χ2v) is 7.77. The molecule has 1 aliphatic heterocycles. The molecule has 3 aromatic rings. The van der Waals surface area contributed by atoms with Crippen molar-refractivity contribution in [2.24, 2.45) is 5.73 Å². The molecular weight excluding hydrogens is 382 g/mol. The van der Waals surface area contributed by atoms with E-state index in [2.05, 4.69) is 29.9 Å². The first-order chi connectivity index (χ1) is 14.6. The fourth-order valence-corrected chi connectivity index (χ4v) is 3.60. The maximum atomic E-state index is 9.68. The lowest BCUT2D eigenvalue weighted by molar-refractivity contribution is 0.114. The van der Waals surface area contributed by atoms with Crippen LogP contribution in [0.5, 0.6) is 5.75 Å². The topological polar surface area (TPSA) is 98.7 Å². The lowest BCUT2D eigenvalue weighted by atomic mass is 10.1. The number of morpholine rings is 1. The van der Waals surface area contributed by atoms with Crippen molar-refractivity contribution < 1.29 is 14.6 Å². The van der Waals surface area contributed by atoms with Crippen LogP contribution in [0.4, 0.5) is 5.69 Å². The Morgan fingerprint density at radius 1 is 1.23 bits per heavy atom. The third-order valence-corrected chi connectivity index (χ3v) is 5.23. The molecule has 0 spiro atoms. The first kappa shape index (κ1) is 20.6. The fraction of sp³-hybridized carbons (Fsp3) is 0.455. The molecule has 1 aromatic carbocycles. The van der Waals surface area contributed by atoms with E-state index in [1.54, 1.807) is 0 Å². The Labute approximate surface area is 176 Å². The summed E-state index contributed by atoms with van der Waals surface area (Å²) in [7, 11) is 0. The van der Waals surface area contributed by atoms with Crippen LogP contribution in [0.15, 0.2) is 36.5 Å². The molecule has 4 rings (SSSR count). The summed E-state index contributed by atoms with van der Waals surface area (Å²) in [5.41, 5.74) is 9.26. The monoisotopic (exact) mass is 411 g/mol. The number of benzene rings is 1. The number of fused-ring (bicyclic) bond motifs is 1. The summed E-state index contributed by atoms with van der Waals surface area (Å²) in [4.78, 5) is 7.29. The van der Waals surface area contributed by atoms with Crippen molar-refractivity contribution >= 4 is 16.7 Å². The summed E-state index contributed by atoms with van der Waals surface area (Å²) in [5.74, 6) is 0.673.